The fourth-order valence-corrected chi connectivity index (χ4v) is 1.34. The van der Waals surface area contributed by atoms with E-state index in [1.54, 1.807) is 7.11 Å². The number of fused-ring (bicyclic) bond motifs is 1. The van der Waals surface area contributed by atoms with Gasteiger partial charge in [-0.1, -0.05) is 0 Å². The zero-order chi connectivity index (χ0) is 8.55. The van der Waals surface area contributed by atoms with Crippen LogP contribution in [0.25, 0.3) is 0 Å². The Hall–Kier alpha value is -1.29. The van der Waals surface area contributed by atoms with Gasteiger partial charge in [-0.2, -0.15) is 0 Å². The normalized spacial score (nSPS) is 21.5. The third-order valence-electron chi connectivity index (χ3n) is 1.87. The minimum Gasteiger partial charge on any atom is -0.468 e. The van der Waals surface area contributed by atoms with Crippen molar-refractivity contribution in [2.24, 2.45) is 4.99 Å². The van der Waals surface area contributed by atoms with Crippen LogP contribution in [0.2, 0.25) is 0 Å². The molecule has 4 heteroatoms. The molecule has 0 radical (unpaired) electrons. The van der Waals surface area contributed by atoms with Crippen molar-refractivity contribution in [1.82, 2.24) is 4.57 Å². The van der Waals surface area contributed by atoms with E-state index >= 15 is 0 Å². The summed E-state index contributed by atoms with van der Waals surface area (Å²) in [7, 11) is 1.54. The average molecular weight is 166 g/mol. The van der Waals surface area contributed by atoms with Gasteiger partial charge in [0, 0.05) is 18.3 Å². The molecule has 0 spiro atoms. The van der Waals surface area contributed by atoms with Crippen LogP contribution in [-0.4, -0.2) is 29.0 Å². The van der Waals surface area contributed by atoms with Gasteiger partial charge in [0.05, 0.1) is 7.11 Å². The lowest BCUT2D eigenvalue weighted by Crippen LogP contribution is -2.26. The molecule has 0 saturated carbocycles. The summed E-state index contributed by atoms with van der Waals surface area (Å²) in [5.74, 6) is 0. The summed E-state index contributed by atoms with van der Waals surface area (Å²) in [5, 5.41) is 9.30. The molecular weight excluding hydrogens is 156 g/mol. The smallest absolute Gasteiger partial charge is 0.298 e. The number of aliphatic hydroxyl groups excluding tert-OH is 1. The molecule has 0 amide bonds. The van der Waals surface area contributed by atoms with Gasteiger partial charge in [-0.05, 0) is 12.1 Å². The lowest BCUT2D eigenvalue weighted by atomic mass is 10.2. The third kappa shape index (κ3) is 1.00. The Balaban J connectivity index is 2.44. The summed E-state index contributed by atoms with van der Waals surface area (Å²) in [6.07, 6.45) is 1.76. The summed E-state index contributed by atoms with van der Waals surface area (Å²) in [6, 6.07) is 4.30. The van der Waals surface area contributed by atoms with Crippen LogP contribution in [0.3, 0.4) is 0 Å². The quantitative estimate of drug-likeness (QED) is 0.599. The Bertz CT molecular complexity index is 317. The van der Waals surface area contributed by atoms with Crippen LogP contribution in [-0.2, 0) is 11.2 Å². The molecule has 12 heavy (non-hydrogen) atoms. The van der Waals surface area contributed by atoms with Crippen LogP contribution in [0, 0.1) is 0 Å². The second kappa shape index (κ2) is 2.64. The predicted octanol–water partition coefficient (Wildman–Crippen LogP) is 0.213. The lowest BCUT2D eigenvalue weighted by Gasteiger charge is -2.18. The fourth-order valence-electron chi connectivity index (χ4n) is 1.34. The highest BCUT2D eigenvalue weighted by atomic mass is 16.5. The molecule has 1 aliphatic rings. The first-order valence-electron chi connectivity index (χ1n) is 3.77. The number of aliphatic imine (C=N–C) groups is 1. The number of aromatic nitrogens is 1. The average Bonchev–Trinajstić information content (AvgIpc) is 2.50. The molecule has 1 aromatic rings. The van der Waals surface area contributed by atoms with E-state index < -0.39 is 6.23 Å². The summed E-state index contributed by atoms with van der Waals surface area (Å²) in [5.41, 5.74) is 1.02. The van der Waals surface area contributed by atoms with Gasteiger partial charge in [-0.3, -0.25) is 4.57 Å². The first-order valence-corrected chi connectivity index (χ1v) is 3.77. The lowest BCUT2D eigenvalue weighted by molar-refractivity contribution is 0.172. The maximum atomic E-state index is 9.30. The molecule has 0 saturated heterocycles. The zero-order valence-electron chi connectivity index (χ0n) is 6.77. The molecule has 2 rings (SSSR count). The van der Waals surface area contributed by atoms with Gasteiger partial charge in [0.1, 0.15) is 0 Å². The van der Waals surface area contributed by atoms with Gasteiger partial charge >= 0.3 is 0 Å². The number of ether oxygens (including phenoxy) is 1. The number of hydrogen-bond acceptors (Lipinski definition) is 3. The second-order valence-electron chi connectivity index (χ2n) is 2.67. The molecule has 1 atom stereocenters. The standard InChI is InChI=1S/C8H10N2O2/c1-12-8-9-7(11)5-6-3-2-4-10(6)8/h2-4,7,11H,5H2,1H3. The summed E-state index contributed by atoms with van der Waals surface area (Å²) in [6.45, 7) is 0. The first kappa shape index (κ1) is 7.36. The van der Waals surface area contributed by atoms with Crippen molar-refractivity contribution in [2.45, 2.75) is 12.6 Å². The Morgan fingerprint density at radius 3 is 3.33 bits per heavy atom. The van der Waals surface area contributed by atoms with Gasteiger partial charge in [-0.15, -0.1) is 0 Å². The highest BCUT2D eigenvalue weighted by Gasteiger charge is 2.17. The van der Waals surface area contributed by atoms with Gasteiger partial charge in [0.25, 0.3) is 6.02 Å². The maximum absolute atomic E-state index is 9.30. The van der Waals surface area contributed by atoms with E-state index in [1.807, 2.05) is 22.9 Å². The largest absolute Gasteiger partial charge is 0.468 e. The third-order valence-corrected chi connectivity index (χ3v) is 1.87. The van der Waals surface area contributed by atoms with Crippen LogP contribution in [0.1, 0.15) is 5.69 Å². The number of rotatable bonds is 0. The summed E-state index contributed by atoms with van der Waals surface area (Å²) >= 11 is 0. The molecule has 0 aliphatic carbocycles. The Kier molecular flexibility index (Phi) is 1.62. The van der Waals surface area contributed by atoms with Crippen molar-refractivity contribution < 1.29 is 9.84 Å². The number of hydrogen-bond donors (Lipinski definition) is 1. The Morgan fingerprint density at radius 1 is 1.75 bits per heavy atom. The first-order chi connectivity index (χ1) is 5.81. The van der Waals surface area contributed by atoms with Gasteiger partial charge in [0.15, 0.2) is 6.23 Å². The van der Waals surface area contributed by atoms with Crippen LogP contribution in [0.15, 0.2) is 23.3 Å². The van der Waals surface area contributed by atoms with Gasteiger partial charge in [0.2, 0.25) is 0 Å². The van der Waals surface area contributed by atoms with E-state index in [2.05, 4.69) is 4.99 Å². The molecule has 0 fully saturated rings. The van der Waals surface area contributed by atoms with E-state index in [0.29, 0.717) is 12.4 Å². The highest BCUT2D eigenvalue weighted by molar-refractivity contribution is 5.78. The zero-order valence-corrected chi connectivity index (χ0v) is 6.77. The van der Waals surface area contributed by atoms with Crippen molar-refractivity contribution in [1.29, 1.82) is 0 Å². The minimum atomic E-state index is -0.664. The summed E-state index contributed by atoms with van der Waals surface area (Å²) < 4.78 is 6.83. The number of methoxy groups -OCH3 is 1. The van der Waals surface area contributed by atoms with Crippen LogP contribution < -0.4 is 0 Å². The van der Waals surface area contributed by atoms with Gasteiger partial charge in [-0.25, -0.2) is 4.99 Å². The topological polar surface area (TPSA) is 46.8 Å². The molecular formula is C8H10N2O2. The van der Waals surface area contributed by atoms with Crippen molar-refractivity contribution in [3.63, 3.8) is 0 Å². The number of nitrogens with zero attached hydrogens (tertiary/aromatic N) is 2. The highest BCUT2D eigenvalue weighted by Crippen LogP contribution is 2.12. The summed E-state index contributed by atoms with van der Waals surface area (Å²) in [4.78, 5) is 3.93. The Morgan fingerprint density at radius 2 is 2.58 bits per heavy atom. The van der Waals surface area contributed by atoms with Crippen LogP contribution >= 0.6 is 0 Å². The van der Waals surface area contributed by atoms with Crippen molar-refractivity contribution >= 4 is 6.02 Å². The van der Waals surface area contributed by atoms with E-state index in [-0.39, 0.29) is 0 Å². The number of aliphatic hydroxyl groups is 1. The molecule has 0 bridgehead atoms. The molecule has 1 N–H and O–H groups in total. The predicted molar refractivity (Wildman–Crippen MR) is 44.0 cm³/mol. The van der Waals surface area contributed by atoms with Crippen molar-refractivity contribution in [3.05, 3.63) is 24.0 Å². The molecule has 64 valence electrons. The van der Waals surface area contributed by atoms with Crippen molar-refractivity contribution in [2.75, 3.05) is 7.11 Å². The molecule has 2 heterocycles. The van der Waals surface area contributed by atoms with E-state index in [1.165, 1.54) is 0 Å². The minimum absolute atomic E-state index is 0.453. The molecule has 1 unspecified atom stereocenters. The van der Waals surface area contributed by atoms with E-state index in [4.69, 9.17) is 4.74 Å². The monoisotopic (exact) mass is 166 g/mol. The maximum Gasteiger partial charge on any atom is 0.298 e. The Labute approximate surface area is 70.1 Å². The SMILES string of the molecule is COC1=NC(O)Cc2cccn21. The van der Waals surface area contributed by atoms with E-state index in [0.717, 1.165) is 5.69 Å². The van der Waals surface area contributed by atoms with Crippen LogP contribution in [0.4, 0.5) is 0 Å². The second-order valence-corrected chi connectivity index (χ2v) is 2.67. The van der Waals surface area contributed by atoms with Crippen LogP contribution in [0.5, 0.6) is 0 Å². The molecule has 0 aromatic carbocycles. The van der Waals surface area contributed by atoms with Crippen molar-refractivity contribution in [3.8, 4) is 0 Å². The fraction of sp³-hybridized carbons (Fsp3) is 0.375. The van der Waals surface area contributed by atoms with Gasteiger partial charge < -0.3 is 9.84 Å². The molecule has 1 aliphatic heterocycles. The molecule has 1 aromatic heterocycles. The molecule has 4 nitrogen and oxygen atoms in total. The van der Waals surface area contributed by atoms with E-state index in [9.17, 15) is 5.11 Å².